The van der Waals surface area contributed by atoms with E-state index in [1.807, 2.05) is 37.2 Å². The lowest BCUT2D eigenvalue weighted by atomic mass is 9.90. The van der Waals surface area contributed by atoms with E-state index >= 15 is 0 Å². The number of hydrogen-bond donors (Lipinski definition) is 2. The molecule has 1 aliphatic carbocycles. The number of nitrogens with one attached hydrogen (secondary N) is 2. The number of rotatable bonds is 5. The van der Waals surface area contributed by atoms with E-state index in [9.17, 15) is 9.18 Å². The Balaban J connectivity index is 1.64. The molecule has 0 saturated heterocycles. The fourth-order valence-corrected chi connectivity index (χ4v) is 3.57. The molecule has 0 bridgehead atoms. The van der Waals surface area contributed by atoms with Gasteiger partial charge in [0.05, 0.1) is 6.04 Å². The molecule has 0 fully saturated rings. The summed E-state index contributed by atoms with van der Waals surface area (Å²) in [5.74, 6) is -0.269. The third kappa shape index (κ3) is 4.41. The molecule has 1 aliphatic rings. The van der Waals surface area contributed by atoms with Crippen LogP contribution < -0.4 is 10.6 Å². The van der Waals surface area contributed by atoms with E-state index in [0.717, 1.165) is 30.5 Å². The Morgan fingerprint density at radius 1 is 1.15 bits per heavy atom. The molecule has 2 N–H and O–H groups in total. The zero-order valence-electron chi connectivity index (χ0n) is 15.4. The van der Waals surface area contributed by atoms with Gasteiger partial charge >= 0.3 is 6.03 Å². The van der Waals surface area contributed by atoms with Crippen molar-refractivity contribution in [2.24, 2.45) is 0 Å². The van der Waals surface area contributed by atoms with Crippen LogP contribution in [0.15, 0.2) is 42.5 Å². The molecule has 3 rings (SSSR count). The summed E-state index contributed by atoms with van der Waals surface area (Å²) in [6.45, 7) is 0.400. The fraction of sp³-hybridized carbons (Fsp3) is 0.381. The highest BCUT2D eigenvalue weighted by Gasteiger charge is 2.17. The Kier molecular flexibility index (Phi) is 5.89. The van der Waals surface area contributed by atoms with Crippen LogP contribution in [0.2, 0.25) is 0 Å². The molecule has 2 aromatic rings. The van der Waals surface area contributed by atoms with Crippen LogP contribution in [0.4, 0.5) is 14.9 Å². The molecule has 138 valence electrons. The van der Waals surface area contributed by atoms with Gasteiger partial charge in [-0.25, -0.2) is 9.18 Å². The number of amides is 2. The summed E-state index contributed by atoms with van der Waals surface area (Å²) in [6, 6.07) is 12.3. The van der Waals surface area contributed by atoms with E-state index in [1.54, 1.807) is 6.07 Å². The van der Waals surface area contributed by atoms with Crippen LogP contribution in [0.25, 0.3) is 0 Å². The van der Waals surface area contributed by atoms with Gasteiger partial charge in [-0.2, -0.15) is 0 Å². The summed E-state index contributed by atoms with van der Waals surface area (Å²) >= 11 is 0. The molecule has 1 atom stereocenters. The van der Waals surface area contributed by atoms with Crippen molar-refractivity contribution in [3.05, 3.63) is 65.0 Å². The Labute approximate surface area is 154 Å². The molecule has 0 spiro atoms. The SMILES string of the molecule is CN(C)C(CNC(=O)Nc1cccc2c1CCCC2)c1cccc(F)c1. The maximum absolute atomic E-state index is 13.5. The number of aryl methyl sites for hydroxylation is 1. The molecule has 0 aromatic heterocycles. The highest BCUT2D eigenvalue weighted by atomic mass is 19.1. The highest BCUT2D eigenvalue weighted by molar-refractivity contribution is 5.90. The number of carbonyl (C=O) groups excluding carboxylic acids is 1. The van der Waals surface area contributed by atoms with Crippen molar-refractivity contribution >= 4 is 11.7 Å². The number of benzene rings is 2. The summed E-state index contributed by atoms with van der Waals surface area (Å²) in [6.07, 6.45) is 4.46. The lowest BCUT2D eigenvalue weighted by Gasteiger charge is -2.25. The number of carbonyl (C=O) groups is 1. The second kappa shape index (κ2) is 8.32. The van der Waals surface area contributed by atoms with Crippen LogP contribution in [0.3, 0.4) is 0 Å². The van der Waals surface area contributed by atoms with Crippen molar-refractivity contribution in [1.29, 1.82) is 0 Å². The molecule has 26 heavy (non-hydrogen) atoms. The number of fused-ring (bicyclic) bond motifs is 1. The van der Waals surface area contributed by atoms with E-state index in [0.29, 0.717) is 6.54 Å². The number of anilines is 1. The van der Waals surface area contributed by atoms with Gasteiger partial charge in [0.2, 0.25) is 0 Å². The zero-order valence-corrected chi connectivity index (χ0v) is 15.4. The highest BCUT2D eigenvalue weighted by Crippen LogP contribution is 2.27. The van der Waals surface area contributed by atoms with Crippen molar-refractivity contribution < 1.29 is 9.18 Å². The Morgan fingerprint density at radius 3 is 2.69 bits per heavy atom. The van der Waals surface area contributed by atoms with Gasteiger partial charge in [0.25, 0.3) is 0 Å². The molecule has 0 aliphatic heterocycles. The first-order valence-electron chi connectivity index (χ1n) is 9.12. The predicted molar refractivity (Wildman–Crippen MR) is 103 cm³/mol. The van der Waals surface area contributed by atoms with Gasteiger partial charge in [0.15, 0.2) is 0 Å². The number of urea groups is 1. The molecular formula is C21H26FN3O. The quantitative estimate of drug-likeness (QED) is 0.847. The normalized spacial score (nSPS) is 14.6. The summed E-state index contributed by atoms with van der Waals surface area (Å²) in [5, 5.41) is 5.91. The van der Waals surface area contributed by atoms with Gasteiger partial charge in [0.1, 0.15) is 5.82 Å². The van der Waals surface area contributed by atoms with Gasteiger partial charge in [-0.05, 0) is 74.7 Å². The van der Waals surface area contributed by atoms with Crippen molar-refractivity contribution in [2.45, 2.75) is 31.7 Å². The molecular weight excluding hydrogens is 329 g/mol. The first-order chi connectivity index (χ1) is 12.5. The van der Waals surface area contributed by atoms with Gasteiger partial charge in [-0.3, -0.25) is 0 Å². The van der Waals surface area contributed by atoms with Gasteiger partial charge in [0, 0.05) is 12.2 Å². The minimum atomic E-state index is -0.269. The molecule has 2 aromatic carbocycles. The largest absolute Gasteiger partial charge is 0.336 e. The topological polar surface area (TPSA) is 44.4 Å². The van der Waals surface area contributed by atoms with Gasteiger partial charge in [-0.1, -0.05) is 24.3 Å². The van der Waals surface area contributed by atoms with E-state index < -0.39 is 0 Å². The maximum atomic E-state index is 13.5. The lowest BCUT2D eigenvalue weighted by molar-refractivity contribution is 0.243. The number of hydrogen-bond acceptors (Lipinski definition) is 2. The lowest BCUT2D eigenvalue weighted by Crippen LogP contribution is -2.37. The van der Waals surface area contributed by atoms with Crippen LogP contribution in [0, 0.1) is 5.82 Å². The third-order valence-corrected chi connectivity index (χ3v) is 4.96. The number of likely N-dealkylation sites (N-methyl/N-ethyl adjacent to an activating group) is 1. The smallest absolute Gasteiger partial charge is 0.319 e. The fourth-order valence-electron chi connectivity index (χ4n) is 3.57. The monoisotopic (exact) mass is 355 g/mol. The van der Waals surface area contributed by atoms with E-state index in [4.69, 9.17) is 0 Å². The molecule has 5 heteroatoms. The number of nitrogens with zero attached hydrogens (tertiary/aromatic N) is 1. The van der Waals surface area contributed by atoms with E-state index in [-0.39, 0.29) is 17.9 Å². The van der Waals surface area contributed by atoms with Crippen molar-refractivity contribution in [1.82, 2.24) is 10.2 Å². The first-order valence-corrected chi connectivity index (χ1v) is 9.12. The molecule has 4 nitrogen and oxygen atoms in total. The average Bonchev–Trinajstić information content (AvgIpc) is 2.62. The summed E-state index contributed by atoms with van der Waals surface area (Å²) in [5.41, 5.74) is 4.32. The van der Waals surface area contributed by atoms with Crippen LogP contribution in [-0.2, 0) is 12.8 Å². The van der Waals surface area contributed by atoms with E-state index in [2.05, 4.69) is 16.7 Å². The minimum absolute atomic E-state index is 0.0962. The summed E-state index contributed by atoms with van der Waals surface area (Å²) in [7, 11) is 3.84. The Morgan fingerprint density at radius 2 is 1.92 bits per heavy atom. The number of halogens is 1. The van der Waals surface area contributed by atoms with Gasteiger partial charge < -0.3 is 15.5 Å². The van der Waals surface area contributed by atoms with E-state index in [1.165, 1.54) is 29.7 Å². The van der Waals surface area contributed by atoms with Crippen LogP contribution in [0.1, 0.15) is 35.6 Å². The Bertz CT molecular complexity index is 776. The summed E-state index contributed by atoms with van der Waals surface area (Å²) in [4.78, 5) is 14.4. The van der Waals surface area contributed by atoms with Crippen molar-refractivity contribution in [3.63, 3.8) is 0 Å². The Hall–Kier alpha value is -2.40. The standard InChI is InChI=1S/C21H26FN3O/c1-25(2)20(16-9-5-10-17(22)13-16)14-23-21(26)24-19-12-6-8-15-7-3-4-11-18(15)19/h5-6,8-10,12-13,20H,3-4,7,11,14H2,1-2H3,(H2,23,24,26). The summed E-state index contributed by atoms with van der Waals surface area (Å²) < 4.78 is 13.5. The van der Waals surface area contributed by atoms with Gasteiger partial charge in [-0.15, -0.1) is 0 Å². The van der Waals surface area contributed by atoms with Crippen molar-refractivity contribution in [2.75, 3.05) is 26.0 Å². The first kappa shape index (κ1) is 18.4. The average molecular weight is 355 g/mol. The predicted octanol–water partition coefficient (Wildman–Crippen LogP) is 4.13. The van der Waals surface area contributed by atoms with Crippen LogP contribution >= 0.6 is 0 Å². The van der Waals surface area contributed by atoms with Crippen LogP contribution in [-0.4, -0.2) is 31.6 Å². The maximum Gasteiger partial charge on any atom is 0.319 e. The molecule has 0 heterocycles. The second-order valence-corrected chi connectivity index (χ2v) is 7.02. The molecule has 1 unspecified atom stereocenters. The molecule has 0 radical (unpaired) electrons. The third-order valence-electron chi connectivity index (χ3n) is 4.96. The second-order valence-electron chi connectivity index (χ2n) is 7.02. The van der Waals surface area contributed by atoms with Crippen LogP contribution in [0.5, 0.6) is 0 Å². The molecule has 2 amide bonds. The van der Waals surface area contributed by atoms with Crippen molar-refractivity contribution in [3.8, 4) is 0 Å². The zero-order chi connectivity index (χ0) is 18.5. The molecule has 0 saturated carbocycles. The minimum Gasteiger partial charge on any atom is -0.336 e.